The number of hydrogen-bond acceptors (Lipinski definition) is 4. The van der Waals surface area contributed by atoms with Crippen LogP contribution in [0.3, 0.4) is 0 Å². The maximum absolute atomic E-state index is 13.5. The first-order chi connectivity index (χ1) is 11.9. The van der Waals surface area contributed by atoms with Crippen LogP contribution in [-0.2, 0) is 11.6 Å². The Balaban J connectivity index is 2.62. The fourth-order valence-electron chi connectivity index (χ4n) is 2.59. The molecule has 0 aliphatic rings. The van der Waals surface area contributed by atoms with E-state index in [9.17, 15) is 13.2 Å². The number of alkyl halides is 3. The Hall–Kier alpha value is -2.31. The molecule has 0 fully saturated rings. The summed E-state index contributed by atoms with van der Waals surface area (Å²) in [7, 11) is 1.57. The lowest BCUT2D eigenvalue weighted by atomic mass is 9.85. The molecule has 0 bridgehead atoms. The van der Waals surface area contributed by atoms with Crippen LogP contribution in [-0.4, -0.2) is 23.1 Å². The number of ether oxygens (including phenoxy) is 1. The first kappa shape index (κ1) is 20.0. The standard InChI is InChI=1S/C19H24F3N3O/c1-12(2)26-17-23-11-14(19(20,21)22)16(24-17)25(6)15-10-8-7-9-13(15)18(3,4)5/h7-12H,1-6H3. The van der Waals surface area contributed by atoms with Gasteiger partial charge in [-0.3, -0.25) is 0 Å². The summed E-state index contributed by atoms with van der Waals surface area (Å²) in [4.78, 5) is 9.21. The van der Waals surface area contributed by atoms with E-state index in [0.29, 0.717) is 5.69 Å². The van der Waals surface area contributed by atoms with Gasteiger partial charge in [-0.1, -0.05) is 39.0 Å². The van der Waals surface area contributed by atoms with Crippen LogP contribution in [0.2, 0.25) is 0 Å². The second kappa shape index (κ2) is 7.13. The van der Waals surface area contributed by atoms with E-state index in [1.165, 1.54) is 4.90 Å². The molecule has 0 amide bonds. The van der Waals surface area contributed by atoms with Gasteiger partial charge in [0, 0.05) is 18.9 Å². The van der Waals surface area contributed by atoms with E-state index in [4.69, 9.17) is 4.74 Å². The van der Waals surface area contributed by atoms with Crippen LogP contribution in [0.4, 0.5) is 24.7 Å². The van der Waals surface area contributed by atoms with Crippen LogP contribution in [0.15, 0.2) is 30.5 Å². The Morgan fingerprint density at radius 2 is 1.65 bits per heavy atom. The Morgan fingerprint density at radius 1 is 1.04 bits per heavy atom. The van der Waals surface area contributed by atoms with Gasteiger partial charge in [0.15, 0.2) is 5.82 Å². The second-order valence-electron chi connectivity index (χ2n) is 7.38. The number of rotatable bonds is 4. The van der Waals surface area contributed by atoms with Gasteiger partial charge in [-0.25, -0.2) is 4.98 Å². The highest BCUT2D eigenvalue weighted by Gasteiger charge is 2.37. The van der Waals surface area contributed by atoms with Crippen molar-refractivity contribution in [2.75, 3.05) is 11.9 Å². The van der Waals surface area contributed by atoms with Crippen molar-refractivity contribution in [1.82, 2.24) is 9.97 Å². The Kier molecular flexibility index (Phi) is 5.49. The highest BCUT2D eigenvalue weighted by atomic mass is 19.4. The zero-order valence-electron chi connectivity index (χ0n) is 15.8. The summed E-state index contributed by atoms with van der Waals surface area (Å²) in [6.45, 7) is 9.56. The molecule has 0 saturated carbocycles. The van der Waals surface area contributed by atoms with E-state index < -0.39 is 11.7 Å². The van der Waals surface area contributed by atoms with Gasteiger partial charge in [0.1, 0.15) is 5.56 Å². The molecular weight excluding hydrogens is 343 g/mol. The summed E-state index contributed by atoms with van der Waals surface area (Å²) >= 11 is 0. The monoisotopic (exact) mass is 367 g/mol. The average Bonchev–Trinajstić information content (AvgIpc) is 2.51. The molecule has 2 aromatic rings. The van der Waals surface area contributed by atoms with Crippen LogP contribution >= 0.6 is 0 Å². The first-order valence-electron chi connectivity index (χ1n) is 8.35. The minimum Gasteiger partial charge on any atom is -0.461 e. The summed E-state index contributed by atoms with van der Waals surface area (Å²) in [5, 5.41) is 0. The highest BCUT2D eigenvalue weighted by Crippen LogP contribution is 2.40. The van der Waals surface area contributed by atoms with Gasteiger partial charge >= 0.3 is 12.2 Å². The highest BCUT2D eigenvalue weighted by molar-refractivity contribution is 5.67. The van der Waals surface area contributed by atoms with Crippen LogP contribution < -0.4 is 9.64 Å². The zero-order chi connectivity index (χ0) is 19.7. The zero-order valence-corrected chi connectivity index (χ0v) is 15.8. The molecule has 0 radical (unpaired) electrons. The molecule has 1 heterocycles. The molecular formula is C19H24F3N3O. The normalized spacial score (nSPS) is 12.4. The van der Waals surface area contributed by atoms with E-state index in [2.05, 4.69) is 9.97 Å². The molecule has 142 valence electrons. The molecule has 1 aromatic carbocycles. The van der Waals surface area contributed by atoms with Crippen LogP contribution in [0.1, 0.15) is 45.7 Å². The van der Waals surface area contributed by atoms with Crippen molar-refractivity contribution in [3.8, 4) is 6.01 Å². The molecule has 26 heavy (non-hydrogen) atoms. The van der Waals surface area contributed by atoms with Gasteiger partial charge in [0.2, 0.25) is 0 Å². The van der Waals surface area contributed by atoms with E-state index in [1.807, 2.05) is 32.9 Å². The van der Waals surface area contributed by atoms with Crippen LogP contribution in [0.5, 0.6) is 6.01 Å². The minimum atomic E-state index is -4.57. The van der Waals surface area contributed by atoms with E-state index in [1.54, 1.807) is 33.0 Å². The third-order valence-corrected chi connectivity index (χ3v) is 3.78. The number of anilines is 2. The number of benzene rings is 1. The molecule has 7 heteroatoms. The molecule has 0 aliphatic heterocycles. The van der Waals surface area contributed by atoms with Crippen molar-refractivity contribution in [3.63, 3.8) is 0 Å². The molecule has 0 atom stereocenters. The van der Waals surface area contributed by atoms with E-state index >= 15 is 0 Å². The van der Waals surface area contributed by atoms with Gasteiger partial charge < -0.3 is 9.64 Å². The largest absolute Gasteiger partial charge is 0.461 e. The van der Waals surface area contributed by atoms with Crippen LogP contribution in [0.25, 0.3) is 0 Å². The molecule has 0 N–H and O–H groups in total. The smallest absolute Gasteiger partial charge is 0.421 e. The molecule has 1 aromatic heterocycles. The topological polar surface area (TPSA) is 38.2 Å². The fraction of sp³-hybridized carbons (Fsp3) is 0.474. The van der Waals surface area contributed by atoms with Crippen molar-refractivity contribution in [1.29, 1.82) is 0 Å². The third kappa shape index (κ3) is 4.45. The lowest BCUT2D eigenvalue weighted by molar-refractivity contribution is -0.137. The first-order valence-corrected chi connectivity index (χ1v) is 8.35. The maximum Gasteiger partial charge on any atom is 0.421 e. The molecule has 4 nitrogen and oxygen atoms in total. The van der Waals surface area contributed by atoms with Crippen LogP contribution in [0, 0.1) is 0 Å². The lowest BCUT2D eigenvalue weighted by Gasteiger charge is -2.29. The summed E-state index contributed by atoms with van der Waals surface area (Å²) < 4.78 is 45.9. The molecule has 0 spiro atoms. The summed E-state index contributed by atoms with van der Waals surface area (Å²) in [6.07, 6.45) is -4.04. The summed E-state index contributed by atoms with van der Waals surface area (Å²) in [5.41, 5.74) is 0.424. The number of para-hydroxylation sites is 1. The maximum atomic E-state index is 13.5. The predicted molar refractivity (Wildman–Crippen MR) is 96.0 cm³/mol. The average molecular weight is 367 g/mol. The third-order valence-electron chi connectivity index (χ3n) is 3.78. The number of nitrogens with zero attached hydrogens (tertiary/aromatic N) is 3. The SMILES string of the molecule is CC(C)Oc1ncc(C(F)(F)F)c(N(C)c2ccccc2C(C)(C)C)n1. The predicted octanol–water partition coefficient (Wildman–Crippen LogP) is 5.35. The van der Waals surface area contributed by atoms with Crippen molar-refractivity contribution >= 4 is 11.5 Å². The number of hydrogen-bond donors (Lipinski definition) is 0. The van der Waals surface area contributed by atoms with E-state index in [0.717, 1.165) is 11.8 Å². The van der Waals surface area contributed by atoms with E-state index in [-0.39, 0.29) is 23.3 Å². The fourth-order valence-corrected chi connectivity index (χ4v) is 2.59. The molecule has 2 rings (SSSR count). The number of halogens is 3. The molecule has 0 saturated heterocycles. The second-order valence-corrected chi connectivity index (χ2v) is 7.38. The number of aromatic nitrogens is 2. The Morgan fingerprint density at radius 3 is 2.19 bits per heavy atom. The van der Waals surface area contributed by atoms with Gasteiger partial charge in [-0.2, -0.15) is 18.2 Å². The Labute approximate surface area is 152 Å². The van der Waals surface area contributed by atoms with Gasteiger partial charge in [0.25, 0.3) is 0 Å². The van der Waals surface area contributed by atoms with Crippen molar-refractivity contribution < 1.29 is 17.9 Å². The lowest BCUT2D eigenvalue weighted by Crippen LogP contribution is -2.23. The summed E-state index contributed by atoms with van der Waals surface area (Å²) in [6, 6.07) is 7.28. The molecule has 0 aliphatic carbocycles. The van der Waals surface area contributed by atoms with Crippen molar-refractivity contribution in [2.24, 2.45) is 0 Å². The molecule has 0 unspecified atom stereocenters. The Bertz CT molecular complexity index is 767. The van der Waals surface area contributed by atoms with Gasteiger partial charge in [-0.15, -0.1) is 0 Å². The van der Waals surface area contributed by atoms with Crippen molar-refractivity contribution in [3.05, 3.63) is 41.6 Å². The van der Waals surface area contributed by atoms with Gasteiger partial charge in [0.05, 0.1) is 6.10 Å². The quantitative estimate of drug-likeness (QED) is 0.730. The van der Waals surface area contributed by atoms with Gasteiger partial charge in [-0.05, 0) is 30.9 Å². The van der Waals surface area contributed by atoms with Crippen molar-refractivity contribution in [2.45, 2.75) is 52.3 Å². The summed E-state index contributed by atoms with van der Waals surface area (Å²) in [5.74, 6) is -0.236. The minimum absolute atomic E-state index is 0.0805.